The molecular weight excluding hydrogens is 283 g/mol. The minimum Gasteiger partial charge on any atom is -0.330 e. The Bertz CT molecular complexity index is 380. The zero-order chi connectivity index (χ0) is 13.1. The van der Waals surface area contributed by atoms with Crippen LogP contribution in [-0.4, -0.2) is 13.6 Å². The topological polar surface area (TPSA) is 38.0 Å². The van der Waals surface area contributed by atoms with Gasteiger partial charge in [0.15, 0.2) is 0 Å². The van der Waals surface area contributed by atoms with Crippen molar-refractivity contribution < 1.29 is 4.39 Å². The molecular formula is C13H20BrFN2. The van der Waals surface area contributed by atoms with Crippen LogP contribution in [-0.2, 0) is 0 Å². The highest BCUT2D eigenvalue weighted by Gasteiger charge is 2.24. The van der Waals surface area contributed by atoms with Crippen LogP contribution in [0.5, 0.6) is 0 Å². The van der Waals surface area contributed by atoms with Gasteiger partial charge in [0, 0.05) is 16.1 Å². The molecule has 0 aliphatic carbocycles. The molecule has 0 heterocycles. The molecule has 0 saturated carbocycles. The third-order valence-electron chi connectivity index (χ3n) is 2.99. The molecule has 2 nitrogen and oxygen atoms in total. The monoisotopic (exact) mass is 302 g/mol. The fourth-order valence-electron chi connectivity index (χ4n) is 1.79. The molecule has 1 rings (SSSR count). The summed E-state index contributed by atoms with van der Waals surface area (Å²) in [6, 6.07) is 4.99. The fourth-order valence-corrected chi connectivity index (χ4v) is 2.16. The van der Waals surface area contributed by atoms with Gasteiger partial charge in [-0.05, 0) is 43.6 Å². The van der Waals surface area contributed by atoms with Gasteiger partial charge in [0.25, 0.3) is 0 Å². The molecule has 0 fully saturated rings. The quantitative estimate of drug-likeness (QED) is 0.876. The van der Waals surface area contributed by atoms with Gasteiger partial charge in [-0.15, -0.1) is 0 Å². The second-order valence-corrected chi connectivity index (χ2v) is 6.00. The molecule has 0 amide bonds. The molecule has 1 aromatic rings. The Morgan fingerprint density at radius 3 is 2.65 bits per heavy atom. The normalized spacial score (nSPS) is 13.8. The van der Waals surface area contributed by atoms with Crippen molar-refractivity contribution in [1.82, 2.24) is 5.32 Å². The Kier molecular flexibility index (Phi) is 5.10. The lowest BCUT2D eigenvalue weighted by molar-refractivity contribution is 0.295. The van der Waals surface area contributed by atoms with Gasteiger partial charge in [-0.2, -0.15) is 0 Å². The maximum Gasteiger partial charge on any atom is 0.128 e. The SMILES string of the molecule is CNC(CC(C)(C)CN)c1cc(Br)ccc1F. The largest absolute Gasteiger partial charge is 0.330 e. The zero-order valence-electron chi connectivity index (χ0n) is 10.6. The van der Waals surface area contributed by atoms with Gasteiger partial charge in [-0.1, -0.05) is 29.8 Å². The van der Waals surface area contributed by atoms with Gasteiger partial charge in [0.2, 0.25) is 0 Å². The second-order valence-electron chi connectivity index (χ2n) is 5.08. The molecule has 0 aromatic heterocycles. The van der Waals surface area contributed by atoms with E-state index in [1.54, 1.807) is 6.07 Å². The number of nitrogens with two attached hydrogens (primary N) is 1. The summed E-state index contributed by atoms with van der Waals surface area (Å²) in [5.74, 6) is -0.180. The highest BCUT2D eigenvalue weighted by Crippen LogP contribution is 2.31. The standard InChI is InChI=1S/C13H20BrFN2/c1-13(2,8-16)7-12(17-3)10-6-9(14)4-5-11(10)15/h4-6,12,17H,7-8,16H2,1-3H3. The summed E-state index contributed by atoms with van der Waals surface area (Å²) >= 11 is 3.37. The van der Waals surface area contributed by atoms with E-state index in [9.17, 15) is 4.39 Å². The summed E-state index contributed by atoms with van der Waals surface area (Å²) < 4.78 is 14.7. The molecule has 17 heavy (non-hydrogen) atoms. The van der Waals surface area contributed by atoms with E-state index in [0.29, 0.717) is 12.1 Å². The molecule has 0 aliphatic heterocycles. The van der Waals surface area contributed by atoms with Crippen LogP contribution in [0.3, 0.4) is 0 Å². The van der Waals surface area contributed by atoms with Crippen LogP contribution in [0.4, 0.5) is 4.39 Å². The van der Waals surface area contributed by atoms with Gasteiger partial charge < -0.3 is 11.1 Å². The van der Waals surface area contributed by atoms with Crippen molar-refractivity contribution in [3.8, 4) is 0 Å². The summed E-state index contributed by atoms with van der Waals surface area (Å²) in [4.78, 5) is 0. The number of nitrogens with one attached hydrogen (secondary N) is 1. The highest BCUT2D eigenvalue weighted by atomic mass is 79.9. The predicted molar refractivity (Wildman–Crippen MR) is 73.4 cm³/mol. The van der Waals surface area contributed by atoms with Crippen molar-refractivity contribution in [2.45, 2.75) is 26.3 Å². The molecule has 4 heteroatoms. The van der Waals surface area contributed by atoms with Gasteiger partial charge in [-0.25, -0.2) is 4.39 Å². The predicted octanol–water partition coefficient (Wildman–Crippen LogP) is 3.22. The molecule has 1 aromatic carbocycles. The Balaban J connectivity index is 2.97. The minimum atomic E-state index is -0.180. The first-order valence-electron chi connectivity index (χ1n) is 5.72. The van der Waals surface area contributed by atoms with E-state index < -0.39 is 0 Å². The molecule has 0 saturated heterocycles. The van der Waals surface area contributed by atoms with E-state index in [4.69, 9.17) is 5.73 Å². The lowest BCUT2D eigenvalue weighted by atomic mass is 9.83. The summed E-state index contributed by atoms with van der Waals surface area (Å²) in [6.07, 6.45) is 0.799. The average molecular weight is 303 g/mol. The molecule has 0 bridgehead atoms. The summed E-state index contributed by atoms with van der Waals surface area (Å²) in [6.45, 7) is 4.77. The third-order valence-corrected chi connectivity index (χ3v) is 3.48. The van der Waals surface area contributed by atoms with E-state index in [1.165, 1.54) is 6.07 Å². The minimum absolute atomic E-state index is 0.0115. The summed E-state index contributed by atoms with van der Waals surface area (Å²) in [5.41, 5.74) is 6.40. The van der Waals surface area contributed by atoms with Gasteiger partial charge in [-0.3, -0.25) is 0 Å². The van der Waals surface area contributed by atoms with Gasteiger partial charge in [0.1, 0.15) is 5.82 Å². The van der Waals surface area contributed by atoms with Crippen molar-refractivity contribution in [3.05, 3.63) is 34.1 Å². The van der Waals surface area contributed by atoms with Crippen molar-refractivity contribution >= 4 is 15.9 Å². The summed E-state index contributed by atoms with van der Waals surface area (Å²) in [7, 11) is 1.84. The molecule has 96 valence electrons. The molecule has 0 spiro atoms. The molecule has 0 aliphatic rings. The molecule has 0 radical (unpaired) electrons. The van der Waals surface area contributed by atoms with E-state index >= 15 is 0 Å². The van der Waals surface area contributed by atoms with Crippen LogP contribution in [0.15, 0.2) is 22.7 Å². The van der Waals surface area contributed by atoms with Gasteiger partial charge >= 0.3 is 0 Å². The third kappa shape index (κ3) is 4.05. The van der Waals surface area contributed by atoms with Crippen LogP contribution in [0.1, 0.15) is 31.9 Å². The zero-order valence-corrected chi connectivity index (χ0v) is 12.1. The maximum absolute atomic E-state index is 13.8. The van der Waals surface area contributed by atoms with E-state index in [0.717, 1.165) is 10.9 Å². The van der Waals surface area contributed by atoms with Crippen molar-refractivity contribution in [1.29, 1.82) is 0 Å². The number of hydrogen-bond donors (Lipinski definition) is 2. The molecule has 1 unspecified atom stereocenters. The van der Waals surface area contributed by atoms with Crippen LogP contribution in [0, 0.1) is 11.2 Å². The first kappa shape index (κ1) is 14.6. The van der Waals surface area contributed by atoms with Gasteiger partial charge in [0.05, 0.1) is 0 Å². The Hall–Kier alpha value is -0.450. The van der Waals surface area contributed by atoms with Crippen LogP contribution < -0.4 is 11.1 Å². The number of rotatable bonds is 5. The van der Waals surface area contributed by atoms with E-state index in [1.807, 2.05) is 13.1 Å². The van der Waals surface area contributed by atoms with Crippen LogP contribution in [0.25, 0.3) is 0 Å². The molecule has 3 N–H and O–H groups in total. The van der Waals surface area contributed by atoms with E-state index in [2.05, 4.69) is 35.1 Å². The Morgan fingerprint density at radius 1 is 1.47 bits per heavy atom. The highest BCUT2D eigenvalue weighted by molar-refractivity contribution is 9.10. The average Bonchev–Trinajstić information content (AvgIpc) is 2.29. The molecule has 1 atom stereocenters. The van der Waals surface area contributed by atoms with Crippen molar-refractivity contribution in [2.24, 2.45) is 11.1 Å². The smallest absolute Gasteiger partial charge is 0.128 e. The van der Waals surface area contributed by atoms with Crippen molar-refractivity contribution in [2.75, 3.05) is 13.6 Å². The van der Waals surface area contributed by atoms with E-state index in [-0.39, 0.29) is 17.3 Å². The van der Waals surface area contributed by atoms with Crippen LogP contribution >= 0.6 is 15.9 Å². The Labute approximate surface area is 111 Å². The first-order valence-corrected chi connectivity index (χ1v) is 6.51. The first-order chi connectivity index (χ1) is 7.89. The summed E-state index contributed by atoms with van der Waals surface area (Å²) in [5, 5.41) is 3.16. The van der Waals surface area contributed by atoms with Crippen LogP contribution in [0.2, 0.25) is 0 Å². The maximum atomic E-state index is 13.8. The lowest BCUT2D eigenvalue weighted by Crippen LogP contribution is -2.30. The lowest BCUT2D eigenvalue weighted by Gasteiger charge is -2.28. The fraction of sp³-hybridized carbons (Fsp3) is 0.538. The number of benzene rings is 1. The second kappa shape index (κ2) is 5.94. The number of halogens is 2. The Morgan fingerprint density at radius 2 is 2.12 bits per heavy atom. The number of hydrogen-bond acceptors (Lipinski definition) is 2. The van der Waals surface area contributed by atoms with Crippen molar-refractivity contribution in [3.63, 3.8) is 0 Å².